The Morgan fingerprint density at radius 2 is 2.04 bits per heavy atom. The number of aliphatic hydroxyl groups excluding tert-OH is 1. The zero-order valence-electron chi connectivity index (χ0n) is 13.5. The Labute approximate surface area is 140 Å². The number of amides is 1. The van der Waals surface area contributed by atoms with Gasteiger partial charge in [0.05, 0.1) is 6.04 Å². The monoisotopic (exact) mass is 334 g/mol. The van der Waals surface area contributed by atoms with E-state index in [1.54, 1.807) is 32.3 Å². The Kier molecular flexibility index (Phi) is 5.74. The fourth-order valence-corrected chi connectivity index (χ4v) is 2.81. The average Bonchev–Trinajstić information content (AvgIpc) is 2.99. The molecule has 0 radical (unpaired) electrons. The number of thiazole rings is 1. The summed E-state index contributed by atoms with van der Waals surface area (Å²) in [5, 5.41) is 15.7. The lowest BCUT2D eigenvalue weighted by Crippen LogP contribution is -2.43. The molecule has 2 unspecified atom stereocenters. The molecule has 0 spiro atoms. The Bertz CT molecular complexity index is 609. The van der Waals surface area contributed by atoms with Gasteiger partial charge in [-0.15, -0.1) is 11.3 Å². The first-order valence-electron chi connectivity index (χ1n) is 7.46. The molecule has 1 heterocycles. The second-order valence-electron chi connectivity index (χ2n) is 6.26. The van der Waals surface area contributed by atoms with Crippen molar-refractivity contribution in [3.05, 3.63) is 52.5 Å². The molecule has 5 nitrogen and oxygen atoms in total. The van der Waals surface area contributed by atoms with Crippen molar-refractivity contribution >= 4 is 17.4 Å². The largest absolute Gasteiger partial charge is 0.444 e. The molecule has 6 heteroatoms. The Morgan fingerprint density at radius 1 is 1.35 bits per heavy atom. The number of nitrogens with one attached hydrogen (secondary N) is 1. The fraction of sp³-hybridized carbons (Fsp3) is 0.412. The summed E-state index contributed by atoms with van der Waals surface area (Å²) in [6.07, 6.45) is 0.689. The summed E-state index contributed by atoms with van der Waals surface area (Å²) >= 11 is 1.36. The summed E-state index contributed by atoms with van der Waals surface area (Å²) in [6, 6.07) is 9.18. The number of rotatable bonds is 5. The van der Waals surface area contributed by atoms with Gasteiger partial charge in [-0.25, -0.2) is 9.78 Å². The van der Waals surface area contributed by atoms with Crippen molar-refractivity contribution in [3.8, 4) is 0 Å². The van der Waals surface area contributed by atoms with Crippen LogP contribution in [0, 0.1) is 0 Å². The second-order valence-corrected chi connectivity index (χ2v) is 7.18. The van der Waals surface area contributed by atoms with Crippen LogP contribution in [0.1, 0.15) is 37.4 Å². The third-order valence-electron chi connectivity index (χ3n) is 3.09. The SMILES string of the molecule is CC(C)(C)OC(=O)NC(Cc1ccccc1)C(O)c1nccs1. The molecule has 0 aliphatic carbocycles. The van der Waals surface area contributed by atoms with Crippen molar-refractivity contribution in [1.29, 1.82) is 0 Å². The van der Waals surface area contributed by atoms with E-state index in [1.165, 1.54) is 11.3 Å². The summed E-state index contributed by atoms with van der Waals surface area (Å²) in [7, 11) is 0. The van der Waals surface area contributed by atoms with Crippen molar-refractivity contribution in [2.75, 3.05) is 0 Å². The highest BCUT2D eigenvalue weighted by molar-refractivity contribution is 7.09. The van der Waals surface area contributed by atoms with Crippen molar-refractivity contribution in [2.45, 2.75) is 44.9 Å². The Hall–Kier alpha value is -1.92. The van der Waals surface area contributed by atoms with Crippen molar-refractivity contribution in [1.82, 2.24) is 10.3 Å². The minimum absolute atomic E-state index is 0.487. The molecule has 2 aromatic rings. The quantitative estimate of drug-likeness (QED) is 0.880. The summed E-state index contributed by atoms with van der Waals surface area (Å²) < 4.78 is 5.30. The number of benzene rings is 1. The van der Waals surface area contributed by atoms with Gasteiger partial charge in [0.15, 0.2) is 0 Å². The maximum Gasteiger partial charge on any atom is 0.407 e. The third-order valence-corrected chi connectivity index (χ3v) is 3.93. The molecule has 0 aliphatic heterocycles. The first-order chi connectivity index (χ1) is 10.8. The van der Waals surface area contributed by atoms with Crippen LogP contribution in [0.15, 0.2) is 41.9 Å². The number of carbonyl (C=O) groups is 1. The van der Waals surface area contributed by atoms with Gasteiger partial charge in [0.1, 0.15) is 16.7 Å². The lowest BCUT2D eigenvalue weighted by atomic mass is 10.0. The summed E-state index contributed by atoms with van der Waals surface area (Å²) in [5.41, 5.74) is 0.428. The van der Waals surface area contributed by atoms with Crippen molar-refractivity contribution in [2.24, 2.45) is 0 Å². The Morgan fingerprint density at radius 3 is 2.61 bits per heavy atom. The van der Waals surface area contributed by atoms with Gasteiger partial charge in [-0.2, -0.15) is 0 Å². The molecule has 1 amide bonds. The van der Waals surface area contributed by atoms with Crippen LogP contribution in [0.3, 0.4) is 0 Å². The van der Waals surface area contributed by atoms with Crippen LogP contribution in [0.4, 0.5) is 4.79 Å². The van der Waals surface area contributed by atoms with Crippen LogP contribution in [-0.2, 0) is 11.2 Å². The van der Waals surface area contributed by atoms with E-state index in [9.17, 15) is 9.90 Å². The number of ether oxygens (including phenoxy) is 1. The topological polar surface area (TPSA) is 71.5 Å². The lowest BCUT2D eigenvalue weighted by Gasteiger charge is -2.26. The zero-order chi connectivity index (χ0) is 16.9. The van der Waals surface area contributed by atoms with Gasteiger partial charge in [0.25, 0.3) is 0 Å². The molecule has 124 valence electrons. The molecule has 23 heavy (non-hydrogen) atoms. The first-order valence-corrected chi connectivity index (χ1v) is 8.34. The minimum atomic E-state index is -0.886. The lowest BCUT2D eigenvalue weighted by molar-refractivity contribution is 0.0421. The van der Waals surface area contributed by atoms with Gasteiger partial charge in [0, 0.05) is 11.6 Å². The molecule has 0 aliphatic rings. The van der Waals surface area contributed by atoms with Crippen molar-refractivity contribution in [3.63, 3.8) is 0 Å². The maximum atomic E-state index is 12.1. The van der Waals surface area contributed by atoms with E-state index in [1.807, 2.05) is 30.3 Å². The van der Waals surface area contributed by atoms with Crippen LogP contribution in [0.2, 0.25) is 0 Å². The van der Waals surface area contributed by atoms with E-state index in [2.05, 4.69) is 10.3 Å². The molecule has 2 atom stereocenters. The molecule has 2 rings (SSSR count). The first kappa shape index (κ1) is 17.4. The standard InChI is InChI=1S/C17H22N2O3S/c1-17(2,3)22-16(21)19-13(11-12-7-5-4-6-8-12)14(20)15-18-9-10-23-15/h4-10,13-14,20H,11H2,1-3H3,(H,19,21). The van der Waals surface area contributed by atoms with Crippen LogP contribution in [0.25, 0.3) is 0 Å². The van der Waals surface area contributed by atoms with Gasteiger partial charge in [-0.3, -0.25) is 0 Å². The molecule has 0 fully saturated rings. The minimum Gasteiger partial charge on any atom is -0.444 e. The maximum absolute atomic E-state index is 12.1. The fourth-order valence-electron chi connectivity index (χ4n) is 2.12. The molecule has 1 aromatic carbocycles. The normalized spacial score (nSPS) is 14.1. The number of aromatic nitrogens is 1. The van der Waals surface area contributed by atoms with E-state index in [4.69, 9.17) is 4.74 Å². The Balaban J connectivity index is 2.12. The second kappa shape index (κ2) is 7.57. The number of carbonyl (C=O) groups excluding carboxylic acids is 1. The number of hydrogen-bond donors (Lipinski definition) is 2. The molecular weight excluding hydrogens is 312 g/mol. The third kappa shape index (κ3) is 5.65. The van der Waals surface area contributed by atoms with Crippen LogP contribution < -0.4 is 5.32 Å². The van der Waals surface area contributed by atoms with E-state index in [0.717, 1.165) is 5.56 Å². The molecule has 0 saturated carbocycles. The van der Waals surface area contributed by atoms with Gasteiger partial charge >= 0.3 is 6.09 Å². The average molecular weight is 334 g/mol. The number of aliphatic hydroxyl groups is 1. The number of nitrogens with zero attached hydrogens (tertiary/aromatic N) is 1. The molecule has 1 aromatic heterocycles. The van der Waals surface area contributed by atoms with E-state index < -0.39 is 23.8 Å². The summed E-state index contributed by atoms with van der Waals surface area (Å²) in [4.78, 5) is 16.2. The predicted octanol–water partition coefficient (Wildman–Crippen LogP) is 3.31. The smallest absolute Gasteiger partial charge is 0.407 e. The van der Waals surface area contributed by atoms with Gasteiger partial charge in [-0.1, -0.05) is 30.3 Å². The highest BCUT2D eigenvalue weighted by Crippen LogP contribution is 2.22. The van der Waals surface area contributed by atoms with Gasteiger partial charge in [-0.05, 0) is 32.8 Å². The summed E-state index contributed by atoms with van der Waals surface area (Å²) in [6.45, 7) is 5.40. The molecular formula is C17H22N2O3S. The highest BCUT2D eigenvalue weighted by Gasteiger charge is 2.27. The summed E-state index contributed by atoms with van der Waals surface area (Å²) in [5.74, 6) is 0. The molecule has 2 N–H and O–H groups in total. The predicted molar refractivity (Wildman–Crippen MR) is 90.4 cm³/mol. The van der Waals surface area contributed by atoms with Crippen LogP contribution >= 0.6 is 11.3 Å². The number of hydrogen-bond acceptors (Lipinski definition) is 5. The van der Waals surface area contributed by atoms with Gasteiger partial charge in [0.2, 0.25) is 0 Å². The van der Waals surface area contributed by atoms with Crippen LogP contribution in [-0.4, -0.2) is 27.8 Å². The van der Waals surface area contributed by atoms with Crippen molar-refractivity contribution < 1.29 is 14.6 Å². The number of alkyl carbamates (subject to hydrolysis) is 1. The van der Waals surface area contributed by atoms with Crippen LogP contribution in [0.5, 0.6) is 0 Å². The van der Waals surface area contributed by atoms with Gasteiger partial charge < -0.3 is 15.2 Å². The van der Waals surface area contributed by atoms with E-state index >= 15 is 0 Å². The zero-order valence-corrected chi connectivity index (χ0v) is 14.3. The van der Waals surface area contributed by atoms with E-state index in [-0.39, 0.29) is 0 Å². The van der Waals surface area contributed by atoms with E-state index in [0.29, 0.717) is 11.4 Å². The molecule has 0 saturated heterocycles. The molecule has 0 bridgehead atoms. The highest BCUT2D eigenvalue weighted by atomic mass is 32.1.